The van der Waals surface area contributed by atoms with Crippen LogP contribution in [0.3, 0.4) is 0 Å². The molecule has 1 aromatic carbocycles. The minimum Gasteiger partial charge on any atom is -0.338 e. The van der Waals surface area contributed by atoms with Crippen LogP contribution in [-0.4, -0.2) is 56.3 Å². The molecule has 7 nitrogen and oxygen atoms in total. The molecule has 0 saturated carbocycles. The third-order valence-corrected chi connectivity index (χ3v) is 4.77. The Morgan fingerprint density at radius 2 is 1.75 bits per heavy atom. The summed E-state index contributed by atoms with van der Waals surface area (Å²) in [6.45, 7) is 5.59. The third kappa shape index (κ3) is 3.66. The third-order valence-electron chi connectivity index (χ3n) is 4.09. The molecule has 1 aliphatic rings. The second-order valence-corrected chi connectivity index (χ2v) is 6.68. The first-order chi connectivity index (χ1) is 11.9. The van der Waals surface area contributed by atoms with Gasteiger partial charge in [-0.05, 0) is 0 Å². The summed E-state index contributed by atoms with van der Waals surface area (Å²) in [5.41, 5.74) is 2.76. The Morgan fingerprint density at radius 1 is 1.00 bits per heavy atom. The van der Waals surface area contributed by atoms with E-state index in [0.29, 0.717) is 18.3 Å². The second-order valence-electron chi connectivity index (χ2n) is 5.76. The molecule has 3 aromatic rings. The number of rotatable bonds is 5. The Balaban J connectivity index is 1.30. The first-order valence-corrected chi connectivity index (χ1v) is 8.82. The lowest BCUT2D eigenvalue weighted by molar-refractivity contribution is 0.112. The van der Waals surface area contributed by atoms with Crippen molar-refractivity contribution in [2.75, 3.05) is 26.2 Å². The van der Waals surface area contributed by atoms with Crippen molar-refractivity contribution in [3.05, 3.63) is 46.7 Å². The topological polar surface area (TPSA) is 71.2 Å². The molecule has 124 valence electrons. The van der Waals surface area contributed by atoms with Gasteiger partial charge in [0.15, 0.2) is 0 Å². The van der Waals surface area contributed by atoms with E-state index in [0.717, 1.165) is 43.3 Å². The minimum absolute atomic E-state index is 0.653. The van der Waals surface area contributed by atoms with Crippen molar-refractivity contribution in [3.8, 4) is 11.4 Å². The number of benzene rings is 1. The van der Waals surface area contributed by atoms with Gasteiger partial charge in [0.1, 0.15) is 10.5 Å². The molecular weight excluding hydrogens is 324 g/mol. The summed E-state index contributed by atoms with van der Waals surface area (Å²) in [6.07, 6.45) is 0. The second kappa shape index (κ2) is 7.16. The van der Waals surface area contributed by atoms with Gasteiger partial charge in [0.25, 0.3) is 0 Å². The van der Waals surface area contributed by atoms with E-state index in [1.807, 2.05) is 30.3 Å². The lowest BCUT2D eigenvalue weighted by atomic mass is 10.2. The number of nitrogens with zero attached hydrogens (tertiary/aromatic N) is 6. The molecule has 0 bridgehead atoms. The van der Waals surface area contributed by atoms with Crippen molar-refractivity contribution >= 4 is 11.3 Å². The Morgan fingerprint density at radius 3 is 2.46 bits per heavy atom. The molecule has 0 radical (unpaired) electrons. The van der Waals surface area contributed by atoms with Crippen LogP contribution in [0.15, 0.2) is 40.4 Å². The largest absolute Gasteiger partial charge is 0.338 e. The molecule has 0 unspecified atom stereocenters. The van der Waals surface area contributed by atoms with E-state index in [1.54, 1.807) is 16.8 Å². The van der Waals surface area contributed by atoms with Crippen LogP contribution in [0.1, 0.15) is 10.9 Å². The maximum absolute atomic E-state index is 5.40. The first kappa shape index (κ1) is 15.4. The summed E-state index contributed by atoms with van der Waals surface area (Å²) >= 11 is 1.61. The Bertz CT molecular complexity index is 752. The smallest absolute Gasteiger partial charge is 0.241 e. The Hall–Kier alpha value is -2.16. The van der Waals surface area contributed by atoms with Gasteiger partial charge in [0.2, 0.25) is 11.7 Å². The minimum atomic E-state index is 0.653. The fourth-order valence-electron chi connectivity index (χ4n) is 2.78. The van der Waals surface area contributed by atoms with Gasteiger partial charge in [-0.2, -0.15) is 4.98 Å². The summed E-state index contributed by atoms with van der Waals surface area (Å²) in [4.78, 5) is 9.25. The molecule has 1 fully saturated rings. The van der Waals surface area contributed by atoms with Crippen molar-refractivity contribution in [1.82, 2.24) is 30.1 Å². The highest BCUT2D eigenvalue weighted by Crippen LogP contribution is 2.16. The molecule has 0 spiro atoms. The molecule has 4 rings (SSSR count). The summed E-state index contributed by atoms with van der Waals surface area (Å²) in [7, 11) is 0. The summed E-state index contributed by atoms with van der Waals surface area (Å²) < 4.78 is 5.40. The van der Waals surface area contributed by atoms with E-state index in [-0.39, 0.29) is 0 Å². The van der Waals surface area contributed by atoms with Gasteiger partial charge in [-0.3, -0.25) is 9.80 Å². The van der Waals surface area contributed by atoms with Crippen molar-refractivity contribution in [1.29, 1.82) is 0 Å². The monoisotopic (exact) mass is 342 g/mol. The summed E-state index contributed by atoms with van der Waals surface area (Å²) in [6, 6.07) is 9.90. The lowest BCUT2D eigenvalue weighted by Gasteiger charge is -2.33. The molecule has 8 heteroatoms. The maximum Gasteiger partial charge on any atom is 0.241 e. The van der Waals surface area contributed by atoms with Crippen LogP contribution in [0, 0.1) is 0 Å². The highest BCUT2D eigenvalue weighted by Gasteiger charge is 2.20. The van der Waals surface area contributed by atoms with E-state index < -0.39 is 0 Å². The molecule has 2 aromatic heterocycles. The zero-order valence-electron chi connectivity index (χ0n) is 13.2. The zero-order chi connectivity index (χ0) is 16.2. The van der Waals surface area contributed by atoms with Gasteiger partial charge in [-0.25, -0.2) is 0 Å². The molecule has 0 N–H and O–H groups in total. The Labute approximate surface area is 143 Å². The maximum atomic E-state index is 5.40. The SMILES string of the molecule is c1ccc(-c2noc(CN3CCN(Cc4nncs4)CC3)n2)cc1. The molecule has 24 heavy (non-hydrogen) atoms. The van der Waals surface area contributed by atoms with Gasteiger partial charge in [0, 0.05) is 31.7 Å². The highest BCUT2D eigenvalue weighted by molar-refractivity contribution is 7.09. The van der Waals surface area contributed by atoms with Crippen molar-refractivity contribution in [2.24, 2.45) is 0 Å². The molecule has 0 amide bonds. The van der Waals surface area contributed by atoms with Crippen molar-refractivity contribution in [3.63, 3.8) is 0 Å². The number of aromatic nitrogens is 4. The standard InChI is InChI=1S/C16H18N6OS/c1-2-4-13(5-3-1)16-18-14(23-20-16)10-21-6-8-22(9-7-21)11-15-19-17-12-24-15/h1-5,12H,6-11H2. The van der Waals surface area contributed by atoms with Gasteiger partial charge >= 0.3 is 0 Å². The fourth-order valence-corrected chi connectivity index (χ4v) is 3.34. The highest BCUT2D eigenvalue weighted by atomic mass is 32.1. The first-order valence-electron chi connectivity index (χ1n) is 7.94. The van der Waals surface area contributed by atoms with Crippen LogP contribution in [0.2, 0.25) is 0 Å². The van der Waals surface area contributed by atoms with Crippen LogP contribution >= 0.6 is 11.3 Å². The van der Waals surface area contributed by atoms with Crippen LogP contribution < -0.4 is 0 Å². The molecule has 0 aliphatic carbocycles. The van der Waals surface area contributed by atoms with E-state index in [9.17, 15) is 0 Å². The van der Waals surface area contributed by atoms with Gasteiger partial charge in [-0.15, -0.1) is 21.5 Å². The van der Waals surface area contributed by atoms with Crippen molar-refractivity contribution in [2.45, 2.75) is 13.1 Å². The van der Waals surface area contributed by atoms with Crippen LogP contribution in [0.4, 0.5) is 0 Å². The number of hydrogen-bond donors (Lipinski definition) is 0. The van der Waals surface area contributed by atoms with Gasteiger partial charge in [0.05, 0.1) is 13.1 Å². The van der Waals surface area contributed by atoms with Crippen LogP contribution in [-0.2, 0) is 13.1 Å². The Kier molecular flexibility index (Phi) is 4.59. The average Bonchev–Trinajstić information content (AvgIpc) is 3.29. The van der Waals surface area contributed by atoms with E-state index in [1.165, 1.54) is 0 Å². The van der Waals surface area contributed by atoms with Gasteiger partial charge in [-0.1, -0.05) is 35.5 Å². The molecule has 1 saturated heterocycles. The van der Waals surface area contributed by atoms with E-state index in [4.69, 9.17) is 4.52 Å². The summed E-state index contributed by atoms with van der Waals surface area (Å²) in [5, 5.41) is 13.2. The molecule has 0 atom stereocenters. The zero-order valence-corrected chi connectivity index (χ0v) is 14.0. The lowest BCUT2D eigenvalue weighted by Crippen LogP contribution is -2.45. The normalized spacial score (nSPS) is 16.5. The fraction of sp³-hybridized carbons (Fsp3) is 0.375. The predicted molar refractivity (Wildman–Crippen MR) is 90.2 cm³/mol. The molecule has 1 aliphatic heterocycles. The van der Waals surface area contributed by atoms with Gasteiger partial charge < -0.3 is 4.52 Å². The van der Waals surface area contributed by atoms with Crippen LogP contribution in [0.5, 0.6) is 0 Å². The van der Waals surface area contributed by atoms with E-state index >= 15 is 0 Å². The average molecular weight is 342 g/mol. The van der Waals surface area contributed by atoms with Crippen LogP contribution in [0.25, 0.3) is 11.4 Å². The molecular formula is C16H18N6OS. The predicted octanol–water partition coefficient (Wildman–Crippen LogP) is 1.91. The molecule has 3 heterocycles. The number of piperazine rings is 1. The van der Waals surface area contributed by atoms with E-state index in [2.05, 4.69) is 30.1 Å². The summed E-state index contributed by atoms with van der Waals surface area (Å²) in [5.74, 6) is 1.33. The van der Waals surface area contributed by atoms with Crippen molar-refractivity contribution < 1.29 is 4.52 Å². The quantitative estimate of drug-likeness (QED) is 0.701. The number of hydrogen-bond acceptors (Lipinski definition) is 8.